The largest absolute Gasteiger partial charge is 0.393 e. The van der Waals surface area contributed by atoms with Gasteiger partial charge in [0.1, 0.15) is 6.61 Å². The standard InChI is InChI=1S/C17H25NO3/c19-16-10-8-15(9-11-16)18-17(20)13-21-12-4-7-14-5-2-1-3-6-14/h1-3,5-6,15-16,19H,4,7-13H2,(H,18,20). The second-order valence-electron chi connectivity index (χ2n) is 5.71. The third-order valence-corrected chi connectivity index (χ3v) is 3.89. The lowest BCUT2D eigenvalue weighted by molar-refractivity contribution is -0.126. The van der Waals surface area contributed by atoms with Crippen LogP contribution in [0.1, 0.15) is 37.7 Å². The van der Waals surface area contributed by atoms with E-state index in [0.29, 0.717) is 6.61 Å². The number of rotatable bonds is 7. The maximum absolute atomic E-state index is 11.7. The van der Waals surface area contributed by atoms with Gasteiger partial charge >= 0.3 is 0 Å². The molecule has 0 atom stereocenters. The number of aryl methyl sites for hydroxylation is 1. The van der Waals surface area contributed by atoms with Crippen molar-refractivity contribution in [3.8, 4) is 0 Å². The quantitative estimate of drug-likeness (QED) is 0.756. The van der Waals surface area contributed by atoms with Crippen LogP contribution in [0.4, 0.5) is 0 Å². The van der Waals surface area contributed by atoms with Gasteiger partial charge in [-0.2, -0.15) is 0 Å². The van der Waals surface area contributed by atoms with Crippen LogP contribution in [0.25, 0.3) is 0 Å². The van der Waals surface area contributed by atoms with Gasteiger partial charge in [-0.25, -0.2) is 0 Å². The number of carbonyl (C=O) groups is 1. The Balaban J connectivity index is 1.51. The van der Waals surface area contributed by atoms with Crippen LogP contribution in [0.2, 0.25) is 0 Å². The first-order valence-electron chi connectivity index (χ1n) is 7.83. The van der Waals surface area contributed by atoms with Crippen molar-refractivity contribution in [2.45, 2.75) is 50.7 Å². The first kappa shape index (κ1) is 16.0. The molecule has 1 aromatic rings. The number of hydrogen-bond acceptors (Lipinski definition) is 3. The van der Waals surface area contributed by atoms with Crippen molar-refractivity contribution in [3.05, 3.63) is 35.9 Å². The van der Waals surface area contributed by atoms with Gasteiger partial charge in [-0.1, -0.05) is 30.3 Å². The van der Waals surface area contributed by atoms with Gasteiger partial charge in [-0.3, -0.25) is 4.79 Å². The number of aliphatic hydroxyl groups excluding tert-OH is 1. The number of ether oxygens (including phenoxy) is 1. The normalized spacial score (nSPS) is 22.0. The molecule has 1 aromatic carbocycles. The zero-order valence-corrected chi connectivity index (χ0v) is 12.5. The molecule has 0 heterocycles. The summed E-state index contributed by atoms with van der Waals surface area (Å²) in [6.07, 6.45) is 5.00. The molecule has 0 spiro atoms. The Hall–Kier alpha value is -1.39. The highest BCUT2D eigenvalue weighted by atomic mass is 16.5. The van der Waals surface area contributed by atoms with E-state index in [0.717, 1.165) is 38.5 Å². The molecule has 4 heteroatoms. The Morgan fingerprint density at radius 1 is 1.19 bits per heavy atom. The predicted molar refractivity (Wildman–Crippen MR) is 82.0 cm³/mol. The molecular formula is C17H25NO3. The molecular weight excluding hydrogens is 266 g/mol. The summed E-state index contributed by atoms with van der Waals surface area (Å²) in [6.45, 7) is 0.736. The lowest BCUT2D eigenvalue weighted by Crippen LogP contribution is -2.40. The van der Waals surface area contributed by atoms with E-state index in [9.17, 15) is 9.90 Å². The molecule has 0 bridgehead atoms. The molecule has 2 N–H and O–H groups in total. The minimum atomic E-state index is -0.188. The van der Waals surface area contributed by atoms with E-state index in [2.05, 4.69) is 17.4 Å². The average molecular weight is 291 g/mol. The van der Waals surface area contributed by atoms with Crippen LogP contribution < -0.4 is 5.32 Å². The summed E-state index contributed by atoms with van der Waals surface area (Å²) >= 11 is 0. The highest BCUT2D eigenvalue weighted by molar-refractivity contribution is 5.77. The van der Waals surface area contributed by atoms with Crippen LogP contribution in [-0.4, -0.2) is 36.4 Å². The first-order valence-corrected chi connectivity index (χ1v) is 7.83. The van der Waals surface area contributed by atoms with Crippen LogP contribution in [0.3, 0.4) is 0 Å². The Morgan fingerprint density at radius 2 is 1.90 bits per heavy atom. The molecule has 1 saturated carbocycles. The van der Waals surface area contributed by atoms with Gasteiger partial charge in [0.2, 0.25) is 5.91 Å². The van der Waals surface area contributed by atoms with Crippen LogP contribution >= 0.6 is 0 Å². The van der Waals surface area contributed by atoms with Crippen molar-refractivity contribution >= 4 is 5.91 Å². The fraction of sp³-hybridized carbons (Fsp3) is 0.588. The number of benzene rings is 1. The molecule has 4 nitrogen and oxygen atoms in total. The van der Waals surface area contributed by atoms with Crippen molar-refractivity contribution < 1.29 is 14.6 Å². The Morgan fingerprint density at radius 3 is 2.62 bits per heavy atom. The maximum Gasteiger partial charge on any atom is 0.246 e. The molecule has 1 amide bonds. The number of aliphatic hydroxyl groups is 1. The summed E-state index contributed by atoms with van der Waals surface area (Å²) < 4.78 is 5.42. The van der Waals surface area contributed by atoms with E-state index in [1.807, 2.05) is 18.2 Å². The average Bonchev–Trinajstić information content (AvgIpc) is 2.50. The topological polar surface area (TPSA) is 58.6 Å². The molecule has 1 aliphatic carbocycles. The lowest BCUT2D eigenvalue weighted by atomic mass is 9.93. The van der Waals surface area contributed by atoms with Crippen LogP contribution in [0.15, 0.2) is 30.3 Å². The number of nitrogens with one attached hydrogen (secondary N) is 1. The van der Waals surface area contributed by atoms with E-state index < -0.39 is 0 Å². The van der Waals surface area contributed by atoms with Gasteiger partial charge in [0.15, 0.2) is 0 Å². The summed E-state index contributed by atoms with van der Waals surface area (Å²) in [7, 11) is 0. The maximum atomic E-state index is 11.7. The van der Waals surface area contributed by atoms with E-state index in [-0.39, 0.29) is 24.7 Å². The van der Waals surface area contributed by atoms with Gasteiger partial charge in [-0.15, -0.1) is 0 Å². The monoisotopic (exact) mass is 291 g/mol. The third kappa shape index (κ3) is 6.27. The van der Waals surface area contributed by atoms with Gasteiger partial charge in [0, 0.05) is 12.6 Å². The summed E-state index contributed by atoms with van der Waals surface area (Å²) in [5.74, 6) is -0.0453. The summed E-state index contributed by atoms with van der Waals surface area (Å²) in [5, 5.41) is 12.4. The van der Waals surface area contributed by atoms with E-state index in [4.69, 9.17) is 4.74 Å². The lowest BCUT2D eigenvalue weighted by Gasteiger charge is -2.26. The van der Waals surface area contributed by atoms with Gasteiger partial charge < -0.3 is 15.2 Å². The van der Waals surface area contributed by atoms with Crippen molar-refractivity contribution in [3.63, 3.8) is 0 Å². The molecule has 0 aromatic heterocycles. The number of carbonyl (C=O) groups excluding carboxylic acids is 1. The van der Waals surface area contributed by atoms with Crippen molar-refractivity contribution in [1.82, 2.24) is 5.32 Å². The van der Waals surface area contributed by atoms with Crippen molar-refractivity contribution in [2.75, 3.05) is 13.2 Å². The molecule has 2 rings (SSSR count). The van der Waals surface area contributed by atoms with Gasteiger partial charge in [0.25, 0.3) is 0 Å². The summed E-state index contributed by atoms with van der Waals surface area (Å²) in [5.41, 5.74) is 1.30. The highest BCUT2D eigenvalue weighted by Crippen LogP contribution is 2.18. The molecule has 116 valence electrons. The van der Waals surface area contributed by atoms with Crippen molar-refractivity contribution in [1.29, 1.82) is 0 Å². The fourth-order valence-electron chi connectivity index (χ4n) is 2.68. The second-order valence-corrected chi connectivity index (χ2v) is 5.71. The second kappa shape index (κ2) is 8.80. The summed E-state index contributed by atoms with van der Waals surface area (Å²) in [4.78, 5) is 11.7. The highest BCUT2D eigenvalue weighted by Gasteiger charge is 2.20. The van der Waals surface area contributed by atoms with E-state index in [1.165, 1.54) is 5.56 Å². The Kier molecular flexibility index (Phi) is 6.70. The van der Waals surface area contributed by atoms with Crippen molar-refractivity contribution in [2.24, 2.45) is 0 Å². The third-order valence-electron chi connectivity index (χ3n) is 3.89. The Bertz CT molecular complexity index is 413. The van der Waals surface area contributed by atoms with Gasteiger partial charge in [0.05, 0.1) is 6.10 Å². The van der Waals surface area contributed by atoms with E-state index in [1.54, 1.807) is 0 Å². The minimum absolute atomic E-state index is 0.0453. The zero-order valence-electron chi connectivity index (χ0n) is 12.5. The SMILES string of the molecule is O=C(COCCCc1ccccc1)NC1CCC(O)CC1. The fourth-order valence-corrected chi connectivity index (χ4v) is 2.68. The van der Waals surface area contributed by atoms with Crippen LogP contribution in [0, 0.1) is 0 Å². The molecule has 1 fully saturated rings. The van der Waals surface area contributed by atoms with Crippen LogP contribution in [0.5, 0.6) is 0 Å². The molecule has 0 radical (unpaired) electrons. The smallest absolute Gasteiger partial charge is 0.246 e. The predicted octanol–water partition coefficient (Wildman–Crippen LogP) is 2.06. The molecule has 0 unspecified atom stereocenters. The molecule has 0 aliphatic heterocycles. The zero-order chi connectivity index (χ0) is 14.9. The minimum Gasteiger partial charge on any atom is -0.393 e. The van der Waals surface area contributed by atoms with E-state index >= 15 is 0 Å². The van der Waals surface area contributed by atoms with Gasteiger partial charge in [-0.05, 0) is 44.1 Å². The Labute approximate surface area is 126 Å². The summed E-state index contributed by atoms with van der Waals surface area (Å²) in [6, 6.07) is 10.5. The molecule has 0 saturated heterocycles. The molecule has 1 aliphatic rings. The first-order chi connectivity index (χ1) is 10.2. The number of amides is 1. The number of hydrogen-bond donors (Lipinski definition) is 2. The van der Waals surface area contributed by atoms with Crippen LogP contribution in [-0.2, 0) is 16.0 Å². The molecule has 21 heavy (non-hydrogen) atoms.